The lowest BCUT2D eigenvalue weighted by Crippen LogP contribution is -2.45. The van der Waals surface area contributed by atoms with Gasteiger partial charge in [-0.15, -0.1) is 0 Å². The highest BCUT2D eigenvalue weighted by Gasteiger charge is 2.24. The van der Waals surface area contributed by atoms with Crippen molar-refractivity contribution >= 4 is 6.03 Å². The lowest BCUT2D eigenvalue weighted by atomic mass is 9.80. The zero-order valence-electron chi connectivity index (χ0n) is 12.3. The first-order chi connectivity index (χ1) is 8.83. The number of nitrogens with one attached hydrogen (secondary N) is 2. The quantitative estimate of drug-likeness (QED) is 0.441. The summed E-state index contributed by atoms with van der Waals surface area (Å²) in [6, 6.07) is 3.63. The van der Waals surface area contributed by atoms with Crippen LogP contribution >= 0.6 is 0 Å². The molecule has 0 bridgehead atoms. The van der Waals surface area contributed by atoms with Crippen molar-refractivity contribution in [1.82, 2.24) is 10.7 Å². The Hall–Kier alpha value is -1.75. The summed E-state index contributed by atoms with van der Waals surface area (Å²) in [6.45, 7) is 8.77. The molecule has 5 heteroatoms. The van der Waals surface area contributed by atoms with Crippen molar-refractivity contribution < 1.29 is 9.53 Å². The second-order valence-corrected chi connectivity index (χ2v) is 5.28. The molecule has 5 nitrogen and oxygen atoms in total. The van der Waals surface area contributed by atoms with Gasteiger partial charge >= 0.3 is 6.03 Å². The number of methoxy groups -OCH3 is 1. The van der Waals surface area contributed by atoms with Gasteiger partial charge in [0, 0.05) is 12.0 Å². The van der Waals surface area contributed by atoms with Crippen molar-refractivity contribution in [1.29, 1.82) is 0 Å². The standard InChI is InChI=1S/C14H23N3O2/c1-9-10(2)12(19-5)7-6-11(9)14(3,4)8-16-13(18)17-15/h6-7H,8,15H2,1-5H3,(H2,16,17,18). The zero-order chi connectivity index (χ0) is 14.6. The predicted molar refractivity (Wildman–Crippen MR) is 76.2 cm³/mol. The predicted octanol–water partition coefficient (Wildman–Crippen LogP) is 1.76. The third-order valence-electron chi connectivity index (χ3n) is 3.51. The van der Waals surface area contributed by atoms with E-state index in [0.29, 0.717) is 6.54 Å². The Balaban J connectivity index is 3.01. The molecular formula is C14H23N3O2. The minimum Gasteiger partial charge on any atom is -0.496 e. The molecule has 106 valence electrons. The third kappa shape index (κ3) is 3.38. The largest absolute Gasteiger partial charge is 0.496 e. The molecule has 0 heterocycles. The topological polar surface area (TPSA) is 76.4 Å². The van der Waals surface area contributed by atoms with E-state index in [0.717, 1.165) is 11.3 Å². The molecule has 0 saturated heterocycles. The summed E-state index contributed by atoms with van der Waals surface area (Å²) < 4.78 is 5.31. The highest BCUT2D eigenvalue weighted by atomic mass is 16.5. The van der Waals surface area contributed by atoms with E-state index in [9.17, 15) is 4.79 Å². The molecule has 1 aromatic rings. The zero-order valence-corrected chi connectivity index (χ0v) is 12.3. The van der Waals surface area contributed by atoms with Crippen LogP contribution in [0.3, 0.4) is 0 Å². The van der Waals surface area contributed by atoms with Crippen LogP contribution in [0.4, 0.5) is 4.79 Å². The Bertz CT molecular complexity index is 470. The lowest BCUT2D eigenvalue weighted by molar-refractivity contribution is 0.238. The fraction of sp³-hybridized carbons (Fsp3) is 0.500. The molecular weight excluding hydrogens is 242 g/mol. The Morgan fingerprint density at radius 2 is 1.95 bits per heavy atom. The van der Waals surface area contributed by atoms with Crippen molar-refractivity contribution in [3.63, 3.8) is 0 Å². The van der Waals surface area contributed by atoms with Crippen LogP contribution in [0.5, 0.6) is 5.75 Å². The van der Waals surface area contributed by atoms with Gasteiger partial charge in [0.05, 0.1) is 7.11 Å². The first-order valence-electron chi connectivity index (χ1n) is 6.22. The maximum Gasteiger partial charge on any atom is 0.328 e. The van der Waals surface area contributed by atoms with E-state index in [2.05, 4.69) is 31.5 Å². The molecule has 0 aliphatic rings. The summed E-state index contributed by atoms with van der Waals surface area (Å²) in [5.74, 6) is 5.93. The summed E-state index contributed by atoms with van der Waals surface area (Å²) in [6.07, 6.45) is 0. The molecule has 0 aliphatic carbocycles. The van der Waals surface area contributed by atoms with Gasteiger partial charge in [0.25, 0.3) is 0 Å². The van der Waals surface area contributed by atoms with E-state index < -0.39 is 0 Å². The van der Waals surface area contributed by atoms with Gasteiger partial charge in [0.1, 0.15) is 5.75 Å². The molecule has 4 N–H and O–H groups in total. The van der Waals surface area contributed by atoms with Gasteiger partial charge in [-0.25, -0.2) is 10.6 Å². The lowest BCUT2D eigenvalue weighted by Gasteiger charge is -2.28. The molecule has 0 unspecified atom stereocenters. The van der Waals surface area contributed by atoms with Crippen molar-refractivity contribution in [3.05, 3.63) is 28.8 Å². The Labute approximate surface area is 114 Å². The summed E-state index contributed by atoms with van der Waals surface area (Å²) in [4.78, 5) is 11.2. The van der Waals surface area contributed by atoms with E-state index in [1.807, 2.05) is 19.1 Å². The molecule has 2 amide bonds. The SMILES string of the molecule is COc1ccc(C(C)(C)CNC(=O)NN)c(C)c1C. The number of carbonyl (C=O) groups is 1. The van der Waals surface area contributed by atoms with Gasteiger partial charge in [-0.05, 0) is 36.6 Å². The highest BCUT2D eigenvalue weighted by Crippen LogP contribution is 2.31. The monoisotopic (exact) mass is 265 g/mol. The fourth-order valence-electron chi connectivity index (χ4n) is 2.20. The Morgan fingerprint density at radius 3 is 2.47 bits per heavy atom. The van der Waals surface area contributed by atoms with Crippen LogP contribution in [0, 0.1) is 13.8 Å². The number of carbonyl (C=O) groups excluding carboxylic acids is 1. The van der Waals surface area contributed by atoms with Crippen molar-refractivity contribution in [2.75, 3.05) is 13.7 Å². The Kier molecular flexibility index (Phi) is 4.78. The van der Waals surface area contributed by atoms with Crippen LogP contribution in [0.15, 0.2) is 12.1 Å². The van der Waals surface area contributed by atoms with Crippen LogP contribution in [0.25, 0.3) is 0 Å². The van der Waals surface area contributed by atoms with Gasteiger partial charge in [-0.3, -0.25) is 5.43 Å². The molecule has 0 radical (unpaired) electrons. The normalized spacial score (nSPS) is 11.1. The summed E-state index contributed by atoms with van der Waals surface area (Å²) in [7, 11) is 1.67. The summed E-state index contributed by atoms with van der Waals surface area (Å²) in [5, 5.41) is 2.74. The van der Waals surface area contributed by atoms with Crippen molar-refractivity contribution in [2.24, 2.45) is 5.84 Å². The van der Waals surface area contributed by atoms with Gasteiger partial charge in [-0.1, -0.05) is 19.9 Å². The number of ether oxygens (including phenoxy) is 1. The average molecular weight is 265 g/mol. The molecule has 1 rings (SSSR count). The van der Waals surface area contributed by atoms with Gasteiger partial charge in [0.15, 0.2) is 0 Å². The number of nitrogens with two attached hydrogens (primary N) is 1. The molecule has 0 aromatic heterocycles. The maximum absolute atomic E-state index is 11.2. The van der Waals surface area contributed by atoms with Crippen LogP contribution in [-0.2, 0) is 5.41 Å². The molecule has 0 spiro atoms. The summed E-state index contributed by atoms with van der Waals surface area (Å²) >= 11 is 0. The number of hydrogen-bond acceptors (Lipinski definition) is 3. The smallest absolute Gasteiger partial charge is 0.328 e. The first kappa shape index (κ1) is 15.3. The molecule has 0 atom stereocenters. The first-order valence-corrected chi connectivity index (χ1v) is 6.22. The third-order valence-corrected chi connectivity index (χ3v) is 3.51. The van der Waals surface area contributed by atoms with E-state index >= 15 is 0 Å². The van der Waals surface area contributed by atoms with Crippen LogP contribution in [0.2, 0.25) is 0 Å². The second kappa shape index (κ2) is 5.93. The number of hydrogen-bond donors (Lipinski definition) is 3. The van der Waals surface area contributed by atoms with Gasteiger partial charge in [0.2, 0.25) is 0 Å². The maximum atomic E-state index is 11.2. The number of benzene rings is 1. The average Bonchev–Trinajstić information content (AvgIpc) is 2.38. The number of hydrazine groups is 1. The van der Waals surface area contributed by atoms with E-state index in [-0.39, 0.29) is 11.4 Å². The van der Waals surface area contributed by atoms with Crippen LogP contribution < -0.4 is 21.3 Å². The second-order valence-electron chi connectivity index (χ2n) is 5.28. The van der Waals surface area contributed by atoms with E-state index in [1.54, 1.807) is 7.11 Å². The minimum atomic E-state index is -0.379. The van der Waals surface area contributed by atoms with Crippen molar-refractivity contribution in [2.45, 2.75) is 33.1 Å². The molecule has 0 saturated carbocycles. The number of amides is 2. The van der Waals surface area contributed by atoms with Gasteiger partial charge < -0.3 is 10.1 Å². The molecule has 0 aliphatic heterocycles. The highest BCUT2D eigenvalue weighted by molar-refractivity contribution is 5.73. The van der Waals surface area contributed by atoms with E-state index in [4.69, 9.17) is 10.6 Å². The minimum absolute atomic E-state index is 0.187. The van der Waals surface area contributed by atoms with Crippen LogP contribution in [0.1, 0.15) is 30.5 Å². The van der Waals surface area contributed by atoms with Gasteiger partial charge in [-0.2, -0.15) is 0 Å². The molecule has 19 heavy (non-hydrogen) atoms. The van der Waals surface area contributed by atoms with Crippen LogP contribution in [-0.4, -0.2) is 19.7 Å². The fourth-order valence-corrected chi connectivity index (χ4v) is 2.20. The van der Waals surface area contributed by atoms with Crippen molar-refractivity contribution in [3.8, 4) is 5.75 Å². The Morgan fingerprint density at radius 1 is 1.32 bits per heavy atom. The van der Waals surface area contributed by atoms with E-state index in [1.165, 1.54) is 11.1 Å². The number of urea groups is 1. The summed E-state index contributed by atoms with van der Waals surface area (Å²) in [5.41, 5.74) is 5.36. The number of rotatable bonds is 4. The molecule has 0 fully saturated rings. The molecule has 1 aromatic carbocycles.